The van der Waals surface area contributed by atoms with Gasteiger partial charge in [-0.05, 0) is 29.8 Å². The molecule has 0 fully saturated rings. The van der Waals surface area contributed by atoms with Crippen LogP contribution in [0.25, 0.3) is 0 Å². The molecule has 3 aromatic heterocycles. The van der Waals surface area contributed by atoms with Crippen molar-refractivity contribution in [2.75, 3.05) is 0 Å². The molecule has 0 aromatic carbocycles. The monoisotopic (exact) mass is 318 g/mol. The second-order valence-electron chi connectivity index (χ2n) is 4.65. The fourth-order valence-corrected chi connectivity index (χ4v) is 3.44. The molecule has 0 aliphatic carbocycles. The normalized spacial score (nSPS) is 10.7. The van der Waals surface area contributed by atoms with Crippen LogP contribution in [0.4, 0.5) is 0 Å². The smallest absolute Gasteiger partial charge is 0.293 e. The van der Waals surface area contributed by atoms with Crippen molar-refractivity contribution >= 4 is 28.6 Å². The number of nitrogens with zero attached hydrogens (tertiary/aromatic N) is 2. The van der Waals surface area contributed by atoms with Crippen molar-refractivity contribution in [2.24, 2.45) is 0 Å². The summed E-state index contributed by atoms with van der Waals surface area (Å²) in [6.07, 6.45) is 0. The highest BCUT2D eigenvalue weighted by molar-refractivity contribution is 7.10. The maximum atomic E-state index is 12.6. The largest absolute Gasteiger partial charge is 0.351 e. The van der Waals surface area contributed by atoms with E-state index in [0.29, 0.717) is 24.5 Å². The van der Waals surface area contributed by atoms with Crippen LogP contribution >= 0.6 is 22.7 Å². The molecule has 0 aliphatic rings. The summed E-state index contributed by atoms with van der Waals surface area (Å²) in [5.74, 6) is 0.165. The van der Waals surface area contributed by atoms with E-state index in [-0.39, 0.29) is 5.91 Å². The number of thiophene rings is 2. The Morgan fingerprint density at radius 3 is 2.24 bits per heavy atom. The summed E-state index contributed by atoms with van der Waals surface area (Å²) >= 11 is 3.29. The highest BCUT2D eigenvalue weighted by atomic mass is 32.1. The van der Waals surface area contributed by atoms with Gasteiger partial charge in [0.2, 0.25) is 5.76 Å². The number of hydrogen-bond acceptors (Lipinski definition) is 5. The Bertz CT molecular complexity index is 666. The molecule has 3 aromatic rings. The van der Waals surface area contributed by atoms with Crippen LogP contribution in [0.5, 0.6) is 0 Å². The first-order valence-electron chi connectivity index (χ1n) is 6.50. The lowest BCUT2D eigenvalue weighted by atomic mass is 10.3. The van der Waals surface area contributed by atoms with Gasteiger partial charge in [-0.2, -0.15) is 0 Å². The minimum atomic E-state index is -0.127. The third kappa shape index (κ3) is 3.40. The fraction of sp³-hybridized carbons (Fsp3) is 0.200. The van der Waals surface area contributed by atoms with Gasteiger partial charge in [0.05, 0.1) is 18.8 Å². The van der Waals surface area contributed by atoms with E-state index in [9.17, 15) is 4.79 Å². The minimum Gasteiger partial charge on any atom is -0.351 e. The molecular weight excluding hydrogens is 304 g/mol. The number of rotatable bonds is 5. The molecule has 0 atom stereocenters. The van der Waals surface area contributed by atoms with Crippen LogP contribution in [0.2, 0.25) is 0 Å². The van der Waals surface area contributed by atoms with Gasteiger partial charge < -0.3 is 9.42 Å². The van der Waals surface area contributed by atoms with Crippen LogP contribution < -0.4 is 0 Å². The Balaban J connectivity index is 1.82. The second-order valence-corrected chi connectivity index (χ2v) is 6.72. The predicted octanol–water partition coefficient (Wildman–Crippen LogP) is 3.95. The van der Waals surface area contributed by atoms with Gasteiger partial charge in [0.15, 0.2) is 0 Å². The van der Waals surface area contributed by atoms with E-state index in [1.54, 1.807) is 33.6 Å². The predicted molar refractivity (Wildman–Crippen MR) is 83.5 cm³/mol. The molecule has 21 heavy (non-hydrogen) atoms. The third-order valence-corrected chi connectivity index (χ3v) is 4.70. The molecule has 0 saturated heterocycles. The van der Waals surface area contributed by atoms with Crippen LogP contribution in [0, 0.1) is 6.92 Å². The van der Waals surface area contributed by atoms with Gasteiger partial charge in [-0.1, -0.05) is 17.3 Å². The maximum absolute atomic E-state index is 12.6. The number of carbonyl (C=O) groups is 1. The lowest BCUT2D eigenvalue weighted by Gasteiger charge is -2.20. The average Bonchev–Trinajstić information content (AvgIpc) is 3.19. The van der Waals surface area contributed by atoms with Crippen LogP contribution in [0.3, 0.4) is 0 Å². The van der Waals surface area contributed by atoms with Crippen molar-refractivity contribution in [1.82, 2.24) is 10.1 Å². The van der Waals surface area contributed by atoms with E-state index in [1.165, 1.54) is 0 Å². The highest BCUT2D eigenvalue weighted by Gasteiger charge is 2.21. The molecule has 1 amide bonds. The highest BCUT2D eigenvalue weighted by Crippen LogP contribution is 2.19. The summed E-state index contributed by atoms with van der Waals surface area (Å²) in [6, 6.07) is 9.73. The molecule has 0 unspecified atom stereocenters. The summed E-state index contributed by atoms with van der Waals surface area (Å²) in [4.78, 5) is 16.7. The number of aryl methyl sites for hydroxylation is 1. The van der Waals surface area contributed by atoms with Gasteiger partial charge in [-0.3, -0.25) is 4.79 Å². The number of amides is 1. The molecule has 0 saturated carbocycles. The number of carbonyl (C=O) groups excluding carboxylic acids is 1. The Morgan fingerprint density at radius 1 is 1.19 bits per heavy atom. The molecule has 0 radical (unpaired) electrons. The second kappa shape index (κ2) is 6.24. The summed E-state index contributed by atoms with van der Waals surface area (Å²) in [5, 5.41) is 7.83. The first-order valence-corrected chi connectivity index (χ1v) is 8.25. The van der Waals surface area contributed by atoms with Gasteiger partial charge in [-0.15, -0.1) is 22.7 Å². The van der Waals surface area contributed by atoms with Crippen molar-refractivity contribution in [2.45, 2.75) is 20.0 Å². The molecular formula is C15H14N2O2S2. The van der Waals surface area contributed by atoms with Crippen LogP contribution in [-0.4, -0.2) is 16.0 Å². The first kappa shape index (κ1) is 14.0. The lowest BCUT2D eigenvalue weighted by Crippen LogP contribution is -2.29. The Hall–Kier alpha value is -1.92. The molecule has 4 nitrogen and oxygen atoms in total. The van der Waals surface area contributed by atoms with Crippen LogP contribution in [0.15, 0.2) is 45.6 Å². The SMILES string of the molecule is Cc1cc(C(=O)N(Cc2cccs2)Cc2cccs2)on1. The fourth-order valence-electron chi connectivity index (χ4n) is 2.00. The molecule has 0 spiro atoms. The first-order chi connectivity index (χ1) is 10.2. The zero-order valence-corrected chi connectivity index (χ0v) is 13.1. The topological polar surface area (TPSA) is 46.3 Å². The van der Waals surface area contributed by atoms with Gasteiger partial charge in [0, 0.05) is 15.8 Å². The van der Waals surface area contributed by atoms with Crippen molar-refractivity contribution < 1.29 is 9.32 Å². The van der Waals surface area contributed by atoms with Gasteiger partial charge >= 0.3 is 0 Å². The molecule has 3 rings (SSSR count). The quantitative estimate of drug-likeness (QED) is 0.715. The molecule has 0 bridgehead atoms. The van der Waals surface area contributed by atoms with Crippen molar-refractivity contribution in [1.29, 1.82) is 0 Å². The molecule has 6 heteroatoms. The Kier molecular flexibility index (Phi) is 4.17. The number of hydrogen-bond donors (Lipinski definition) is 0. The summed E-state index contributed by atoms with van der Waals surface area (Å²) < 4.78 is 5.11. The van der Waals surface area contributed by atoms with Gasteiger partial charge in [0.1, 0.15) is 0 Å². The van der Waals surface area contributed by atoms with E-state index in [0.717, 1.165) is 9.75 Å². The molecule has 0 aliphatic heterocycles. The van der Waals surface area contributed by atoms with E-state index in [1.807, 2.05) is 41.9 Å². The van der Waals surface area contributed by atoms with Crippen molar-refractivity contribution in [3.8, 4) is 0 Å². The molecule has 108 valence electrons. The van der Waals surface area contributed by atoms with E-state index >= 15 is 0 Å². The van der Waals surface area contributed by atoms with Gasteiger partial charge in [0.25, 0.3) is 5.91 Å². The average molecular weight is 318 g/mol. The van der Waals surface area contributed by atoms with E-state index in [2.05, 4.69) is 5.16 Å². The number of aromatic nitrogens is 1. The summed E-state index contributed by atoms with van der Waals surface area (Å²) in [7, 11) is 0. The van der Waals surface area contributed by atoms with Gasteiger partial charge in [-0.25, -0.2) is 0 Å². The molecule has 0 N–H and O–H groups in total. The summed E-state index contributed by atoms with van der Waals surface area (Å²) in [5.41, 5.74) is 0.713. The van der Waals surface area contributed by atoms with E-state index in [4.69, 9.17) is 4.52 Å². The zero-order chi connectivity index (χ0) is 14.7. The van der Waals surface area contributed by atoms with Crippen molar-refractivity contribution in [3.63, 3.8) is 0 Å². The standard InChI is InChI=1S/C15H14N2O2S2/c1-11-8-14(19-16-11)15(18)17(9-12-4-2-6-20-12)10-13-5-3-7-21-13/h2-8H,9-10H2,1H3. The third-order valence-electron chi connectivity index (χ3n) is 2.98. The Labute approximate surface area is 130 Å². The van der Waals surface area contributed by atoms with Crippen molar-refractivity contribution in [3.05, 3.63) is 62.3 Å². The molecule has 3 heterocycles. The zero-order valence-electron chi connectivity index (χ0n) is 11.5. The lowest BCUT2D eigenvalue weighted by molar-refractivity contribution is 0.0691. The van der Waals surface area contributed by atoms with E-state index < -0.39 is 0 Å². The maximum Gasteiger partial charge on any atom is 0.293 e. The minimum absolute atomic E-state index is 0.127. The summed E-state index contributed by atoms with van der Waals surface area (Å²) in [6.45, 7) is 2.96. The van der Waals surface area contributed by atoms with Crippen LogP contribution in [-0.2, 0) is 13.1 Å². The Morgan fingerprint density at radius 2 is 1.81 bits per heavy atom. The van der Waals surface area contributed by atoms with Crippen LogP contribution in [0.1, 0.15) is 26.0 Å².